The van der Waals surface area contributed by atoms with E-state index in [4.69, 9.17) is 5.11 Å². The summed E-state index contributed by atoms with van der Waals surface area (Å²) < 4.78 is 27.7. The molecule has 7 nitrogen and oxygen atoms in total. The van der Waals surface area contributed by atoms with Gasteiger partial charge < -0.3 is 10.2 Å². The van der Waals surface area contributed by atoms with Gasteiger partial charge in [-0.25, -0.2) is 4.79 Å². The van der Waals surface area contributed by atoms with Crippen LogP contribution in [0.15, 0.2) is 18.2 Å². The van der Waals surface area contributed by atoms with E-state index in [9.17, 15) is 18.3 Å². The topological polar surface area (TPSA) is 116 Å². The van der Waals surface area contributed by atoms with Gasteiger partial charge in [0.05, 0.1) is 11.3 Å². The summed E-state index contributed by atoms with van der Waals surface area (Å²) in [6.07, 6.45) is 1.59. The normalized spacial score (nSPS) is 15.3. The molecule has 1 aromatic carbocycles. The van der Waals surface area contributed by atoms with Crippen LogP contribution in [0.1, 0.15) is 23.2 Å². The summed E-state index contributed by atoms with van der Waals surface area (Å²) in [6, 6.07) is 3.34. The molecular formula is C10H12N2O5S. The van der Waals surface area contributed by atoms with Crippen LogP contribution in [0, 0.1) is 0 Å². The van der Waals surface area contributed by atoms with Gasteiger partial charge in [0.2, 0.25) is 0 Å². The van der Waals surface area contributed by atoms with E-state index in [1.54, 1.807) is 0 Å². The zero-order valence-corrected chi connectivity index (χ0v) is 10.1. The van der Waals surface area contributed by atoms with Crippen molar-refractivity contribution in [3.8, 4) is 5.75 Å². The Hall–Kier alpha value is -1.80. The molecule has 2 rings (SSSR count). The molecule has 4 N–H and O–H groups in total. The number of carboxylic acids is 1. The summed E-state index contributed by atoms with van der Waals surface area (Å²) in [4.78, 5) is 10.6. The van der Waals surface area contributed by atoms with Gasteiger partial charge in [0.15, 0.2) is 0 Å². The zero-order chi connectivity index (χ0) is 13.3. The van der Waals surface area contributed by atoms with E-state index in [1.807, 2.05) is 0 Å². The van der Waals surface area contributed by atoms with Gasteiger partial charge >= 0.3 is 5.97 Å². The third-order valence-corrected chi connectivity index (χ3v) is 3.52. The Labute approximate surface area is 104 Å². The lowest BCUT2D eigenvalue weighted by Crippen LogP contribution is -2.31. The highest BCUT2D eigenvalue weighted by Crippen LogP contribution is 2.26. The van der Waals surface area contributed by atoms with Crippen molar-refractivity contribution in [2.24, 2.45) is 0 Å². The maximum atomic E-state index is 11.6. The molecule has 0 spiro atoms. The first-order valence-corrected chi connectivity index (χ1v) is 6.72. The van der Waals surface area contributed by atoms with Crippen LogP contribution in [-0.4, -0.2) is 30.6 Å². The molecule has 0 amide bonds. The highest BCUT2D eigenvalue weighted by molar-refractivity contribution is 7.90. The van der Waals surface area contributed by atoms with Crippen molar-refractivity contribution in [1.29, 1.82) is 0 Å². The molecule has 18 heavy (non-hydrogen) atoms. The maximum Gasteiger partial charge on any atom is 0.335 e. The third kappa shape index (κ3) is 3.11. The van der Waals surface area contributed by atoms with Gasteiger partial charge in [-0.3, -0.25) is 4.72 Å². The number of carboxylic acid groups (broad SMARTS) is 1. The van der Waals surface area contributed by atoms with Crippen molar-refractivity contribution < 1.29 is 23.4 Å². The molecule has 1 aliphatic rings. The fourth-order valence-electron chi connectivity index (χ4n) is 1.35. The van der Waals surface area contributed by atoms with Crippen LogP contribution in [0.4, 0.5) is 5.69 Å². The van der Waals surface area contributed by atoms with Gasteiger partial charge in [-0.05, 0) is 31.0 Å². The number of aromatic hydroxyl groups is 1. The lowest BCUT2D eigenvalue weighted by molar-refractivity contribution is 0.0696. The number of rotatable bonds is 5. The molecule has 1 aliphatic carbocycles. The summed E-state index contributed by atoms with van der Waals surface area (Å²) >= 11 is 0. The minimum atomic E-state index is -3.73. The molecule has 0 aromatic heterocycles. The number of phenols is 1. The van der Waals surface area contributed by atoms with Crippen LogP contribution in [-0.2, 0) is 10.2 Å². The average molecular weight is 272 g/mol. The van der Waals surface area contributed by atoms with E-state index in [0.717, 1.165) is 18.9 Å². The molecule has 1 aromatic rings. The number of nitrogens with one attached hydrogen (secondary N) is 2. The quantitative estimate of drug-likeness (QED) is 0.582. The summed E-state index contributed by atoms with van der Waals surface area (Å²) in [7, 11) is -3.73. The van der Waals surface area contributed by atoms with Crippen molar-refractivity contribution in [2.45, 2.75) is 18.9 Å². The molecule has 0 heterocycles. The predicted molar refractivity (Wildman–Crippen MR) is 63.8 cm³/mol. The molecule has 0 radical (unpaired) electrons. The number of carbonyl (C=O) groups is 1. The second-order valence-corrected chi connectivity index (χ2v) is 5.48. The standard InChI is InChI=1S/C10H12N2O5S/c13-9-5-6(10(14)15)1-4-8(9)12-18(16,17)11-7-2-3-7/h1,4-5,7,11-13H,2-3H2,(H,14,15). The van der Waals surface area contributed by atoms with Crippen LogP contribution in [0.3, 0.4) is 0 Å². The van der Waals surface area contributed by atoms with Gasteiger partial charge in [-0.1, -0.05) is 0 Å². The molecule has 0 aliphatic heterocycles. The van der Waals surface area contributed by atoms with Gasteiger partial charge in [-0.15, -0.1) is 0 Å². The Morgan fingerprint density at radius 2 is 2.00 bits per heavy atom. The fraction of sp³-hybridized carbons (Fsp3) is 0.300. The monoisotopic (exact) mass is 272 g/mol. The van der Waals surface area contributed by atoms with Crippen molar-refractivity contribution in [3.05, 3.63) is 23.8 Å². The lowest BCUT2D eigenvalue weighted by atomic mass is 10.2. The van der Waals surface area contributed by atoms with E-state index >= 15 is 0 Å². The maximum absolute atomic E-state index is 11.6. The first-order valence-electron chi connectivity index (χ1n) is 5.24. The third-order valence-electron chi connectivity index (χ3n) is 2.39. The Bertz CT molecular complexity index is 580. The van der Waals surface area contributed by atoms with Gasteiger partial charge in [-0.2, -0.15) is 13.1 Å². The summed E-state index contributed by atoms with van der Waals surface area (Å²) in [6.45, 7) is 0. The number of anilines is 1. The summed E-state index contributed by atoms with van der Waals surface area (Å²) in [5.74, 6) is -1.63. The Morgan fingerprint density at radius 3 is 2.50 bits per heavy atom. The molecule has 1 fully saturated rings. The van der Waals surface area contributed by atoms with E-state index in [-0.39, 0.29) is 17.3 Å². The van der Waals surface area contributed by atoms with E-state index < -0.39 is 21.9 Å². The number of hydrogen-bond acceptors (Lipinski definition) is 4. The highest BCUT2D eigenvalue weighted by atomic mass is 32.2. The SMILES string of the molecule is O=C(O)c1ccc(NS(=O)(=O)NC2CC2)c(O)c1. The number of phenolic OH excluding ortho intramolecular Hbond substituents is 1. The van der Waals surface area contributed by atoms with E-state index in [0.29, 0.717) is 0 Å². The van der Waals surface area contributed by atoms with Crippen LogP contribution in [0.5, 0.6) is 5.75 Å². The lowest BCUT2D eigenvalue weighted by Gasteiger charge is -2.10. The Morgan fingerprint density at radius 1 is 1.33 bits per heavy atom. The minimum absolute atomic E-state index is 0.0528. The first-order chi connectivity index (χ1) is 8.37. The van der Waals surface area contributed by atoms with Gasteiger partial charge in [0, 0.05) is 6.04 Å². The number of hydrogen-bond donors (Lipinski definition) is 4. The van der Waals surface area contributed by atoms with E-state index in [2.05, 4.69) is 9.44 Å². The molecule has 0 unspecified atom stereocenters. The van der Waals surface area contributed by atoms with Crippen molar-refractivity contribution >= 4 is 21.9 Å². The molecular weight excluding hydrogens is 260 g/mol. The minimum Gasteiger partial charge on any atom is -0.506 e. The number of benzene rings is 1. The highest BCUT2D eigenvalue weighted by Gasteiger charge is 2.27. The number of aromatic carboxylic acids is 1. The van der Waals surface area contributed by atoms with Crippen molar-refractivity contribution in [1.82, 2.24) is 4.72 Å². The Kier molecular flexibility index (Phi) is 3.14. The van der Waals surface area contributed by atoms with Crippen LogP contribution >= 0.6 is 0 Å². The van der Waals surface area contributed by atoms with Gasteiger partial charge in [0.25, 0.3) is 10.2 Å². The van der Waals surface area contributed by atoms with Crippen LogP contribution in [0.2, 0.25) is 0 Å². The molecule has 1 saturated carbocycles. The molecule has 98 valence electrons. The summed E-state index contributed by atoms with van der Waals surface area (Å²) in [5, 5.41) is 18.2. The predicted octanol–water partition coefficient (Wildman–Crippen LogP) is 0.499. The first kappa shape index (κ1) is 12.7. The van der Waals surface area contributed by atoms with E-state index in [1.165, 1.54) is 12.1 Å². The van der Waals surface area contributed by atoms with Gasteiger partial charge in [0.1, 0.15) is 5.75 Å². The second kappa shape index (κ2) is 4.46. The molecule has 0 saturated heterocycles. The fourth-order valence-corrected chi connectivity index (χ4v) is 2.54. The average Bonchev–Trinajstić information content (AvgIpc) is 3.03. The van der Waals surface area contributed by atoms with Crippen LogP contribution in [0.25, 0.3) is 0 Å². The van der Waals surface area contributed by atoms with Crippen LogP contribution < -0.4 is 9.44 Å². The Balaban J connectivity index is 2.16. The molecule has 8 heteroatoms. The molecule has 0 bridgehead atoms. The summed E-state index contributed by atoms with van der Waals surface area (Å²) in [5.41, 5.74) is -0.182. The largest absolute Gasteiger partial charge is 0.506 e. The smallest absolute Gasteiger partial charge is 0.335 e. The zero-order valence-electron chi connectivity index (χ0n) is 9.25. The van der Waals surface area contributed by atoms with Crippen molar-refractivity contribution in [2.75, 3.05) is 4.72 Å². The molecule has 0 atom stereocenters. The van der Waals surface area contributed by atoms with Crippen molar-refractivity contribution in [3.63, 3.8) is 0 Å². The second-order valence-electron chi connectivity index (χ2n) is 4.03.